The van der Waals surface area contributed by atoms with Crippen molar-refractivity contribution in [2.45, 2.75) is 6.54 Å². The smallest absolute Gasteiger partial charge is 0.371 e. The van der Waals surface area contributed by atoms with E-state index in [1.54, 1.807) is 0 Å². The maximum atomic E-state index is 13.5. The van der Waals surface area contributed by atoms with Crippen molar-refractivity contribution in [3.05, 3.63) is 53.2 Å². The highest BCUT2D eigenvalue weighted by Crippen LogP contribution is 2.19. The average molecular weight is 278 g/mol. The molecule has 0 aliphatic heterocycles. The van der Waals surface area contributed by atoms with Crippen LogP contribution in [-0.4, -0.2) is 17.0 Å². The predicted molar refractivity (Wildman–Crippen MR) is 67.9 cm³/mol. The van der Waals surface area contributed by atoms with E-state index in [1.807, 2.05) is 0 Å². The third kappa shape index (κ3) is 2.77. The molecule has 2 aromatic rings. The Labute approximate surface area is 113 Å². The van der Waals surface area contributed by atoms with Crippen molar-refractivity contribution in [3.63, 3.8) is 0 Å². The molecule has 0 aliphatic rings. The second-order valence-corrected chi connectivity index (χ2v) is 3.95. The van der Waals surface area contributed by atoms with Crippen LogP contribution in [0.25, 0.3) is 0 Å². The van der Waals surface area contributed by atoms with Crippen LogP contribution in [0.15, 0.2) is 34.7 Å². The molecule has 0 unspecified atom stereocenters. The number of rotatable bonds is 5. The van der Waals surface area contributed by atoms with Crippen molar-refractivity contribution in [2.75, 3.05) is 5.32 Å². The Kier molecular flexibility index (Phi) is 3.69. The number of anilines is 1. The second-order valence-electron chi connectivity index (χ2n) is 3.95. The lowest BCUT2D eigenvalue weighted by molar-refractivity contribution is 0.0660. The molecule has 7 heteroatoms. The Hall–Kier alpha value is -2.83. The molecular weight excluding hydrogens is 267 g/mol. The number of carbonyl (C=O) groups is 2. The van der Waals surface area contributed by atoms with Crippen LogP contribution in [0.1, 0.15) is 26.7 Å². The fourth-order valence-electron chi connectivity index (χ4n) is 1.69. The Balaban J connectivity index is 2.16. The monoisotopic (exact) mass is 278 g/mol. The lowest BCUT2D eigenvalue weighted by Gasteiger charge is -2.09. The maximum absolute atomic E-state index is 13.5. The molecule has 0 radical (unpaired) electrons. The number of carboxylic acids is 1. The lowest BCUT2D eigenvalue weighted by Crippen LogP contribution is -2.16. The SMILES string of the molecule is NC(=O)c1c(F)cccc1NCc1ccc(C(=O)O)o1. The summed E-state index contributed by atoms with van der Waals surface area (Å²) in [5.74, 6) is -2.66. The first-order valence-corrected chi connectivity index (χ1v) is 5.63. The van der Waals surface area contributed by atoms with E-state index in [0.717, 1.165) is 6.07 Å². The molecule has 1 heterocycles. The highest BCUT2D eigenvalue weighted by molar-refractivity contribution is 5.98. The molecule has 0 aliphatic carbocycles. The average Bonchev–Trinajstić information content (AvgIpc) is 2.84. The van der Waals surface area contributed by atoms with Gasteiger partial charge in [-0.2, -0.15) is 0 Å². The summed E-state index contributed by atoms with van der Waals surface area (Å²) in [6, 6.07) is 6.82. The van der Waals surface area contributed by atoms with Gasteiger partial charge in [-0.1, -0.05) is 6.07 Å². The summed E-state index contributed by atoms with van der Waals surface area (Å²) in [6.45, 7) is 0.0943. The number of amides is 1. The van der Waals surface area contributed by atoms with E-state index in [4.69, 9.17) is 15.3 Å². The number of benzene rings is 1. The molecule has 2 rings (SSSR count). The summed E-state index contributed by atoms with van der Waals surface area (Å²) in [7, 11) is 0. The summed E-state index contributed by atoms with van der Waals surface area (Å²) >= 11 is 0. The number of primary amides is 1. The molecule has 1 aromatic carbocycles. The Bertz CT molecular complexity index is 666. The van der Waals surface area contributed by atoms with E-state index in [-0.39, 0.29) is 23.6 Å². The van der Waals surface area contributed by atoms with Gasteiger partial charge in [0, 0.05) is 0 Å². The zero-order chi connectivity index (χ0) is 14.7. The number of hydrogen-bond acceptors (Lipinski definition) is 4. The standard InChI is InChI=1S/C13H11FN2O4/c14-8-2-1-3-9(11(8)12(15)17)16-6-7-4-5-10(20-7)13(18)19/h1-5,16H,6H2,(H2,15,17)(H,18,19). The van der Waals surface area contributed by atoms with Crippen LogP contribution in [0.2, 0.25) is 0 Å². The number of halogens is 1. The van der Waals surface area contributed by atoms with Gasteiger partial charge in [0.25, 0.3) is 5.91 Å². The molecule has 1 amide bonds. The molecule has 0 spiro atoms. The van der Waals surface area contributed by atoms with Gasteiger partial charge in [-0.15, -0.1) is 0 Å². The fraction of sp³-hybridized carbons (Fsp3) is 0.0769. The number of furan rings is 1. The molecule has 1 aromatic heterocycles. The van der Waals surface area contributed by atoms with E-state index in [0.29, 0.717) is 5.76 Å². The van der Waals surface area contributed by atoms with Crippen LogP contribution in [0.4, 0.5) is 10.1 Å². The third-order valence-corrected chi connectivity index (χ3v) is 2.59. The largest absolute Gasteiger partial charge is 0.475 e. The van der Waals surface area contributed by atoms with Gasteiger partial charge >= 0.3 is 5.97 Å². The number of nitrogens with two attached hydrogens (primary N) is 1. The Morgan fingerprint density at radius 3 is 2.65 bits per heavy atom. The maximum Gasteiger partial charge on any atom is 0.371 e. The van der Waals surface area contributed by atoms with Crippen molar-refractivity contribution in [2.24, 2.45) is 5.73 Å². The van der Waals surface area contributed by atoms with Gasteiger partial charge in [0.15, 0.2) is 0 Å². The van der Waals surface area contributed by atoms with Gasteiger partial charge < -0.3 is 20.6 Å². The van der Waals surface area contributed by atoms with Crippen molar-refractivity contribution in [1.82, 2.24) is 0 Å². The summed E-state index contributed by atoms with van der Waals surface area (Å²) in [5, 5.41) is 11.5. The topological polar surface area (TPSA) is 106 Å². The van der Waals surface area contributed by atoms with Crippen LogP contribution in [0, 0.1) is 5.82 Å². The molecule has 4 N–H and O–H groups in total. The number of aromatic carboxylic acids is 1. The quantitative estimate of drug-likeness (QED) is 0.773. The number of nitrogens with one attached hydrogen (secondary N) is 1. The summed E-state index contributed by atoms with van der Waals surface area (Å²) in [4.78, 5) is 21.8. The number of hydrogen-bond donors (Lipinski definition) is 3. The van der Waals surface area contributed by atoms with E-state index in [2.05, 4.69) is 5.32 Å². The second kappa shape index (κ2) is 5.43. The van der Waals surface area contributed by atoms with E-state index in [1.165, 1.54) is 24.3 Å². The highest BCUT2D eigenvalue weighted by atomic mass is 19.1. The van der Waals surface area contributed by atoms with Gasteiger partial charge in [0.1, 0.15) is 11.6 Å². The molecule has 6 nitrogen and oxygen atoms in total. The minimum Gasteiger partial charge on any atom is -0.475 e. The first kappa shape index (κ1) is 13.6. The van der Waals surface area contributed by atoms with Crippen LogP contribution >= 0.6 is 0 Å². The fourth-order valence-corrected chi connectivity index (χ4v) is 1.69. The summed E-state index contributed by atoms with van der Waals surface area (Å²) in [5.41, 5.74) is 5.07. The molecule has 20 heavy (non-hydrogen) atoms. The zero-order valence-corrected chi connectivity index (χ0v) is 10.2. The first-order chi connectivity index (χ1) is 9.49. The van der Waals surface area contributed by atoms with Crippen molar-refractivity contribution < 1.29 is 23.5 Å². The molecule has 104 valence electrons. The molecular formula is C13H11FN2O4. The Morgan fingerprint density at radius 2 is 2.05 bits per heavy atom. The molecule has 0 saturated carbocycles. The van der Waals surface area contributed by atoms with Gasteiger partial charge in [0.2, 0.25) is 5.76 Å². The zero-order valence-electron chi connectivity index (χ0n) is 10.2. The van der Waals surface area contributed by atoms with Gasteiger partial charge in [0.05, 0.1) is 17.8 Å². The lowest BCUT2D eigenvalue weighted by atomic mass is 10.1. The summed E-state index contributed by atoms with van der Waals surface area (Å²) < 4.78 is 18.5. The minimum absolute atomic E-state index is 0.0943. The van der Waals surface area contributed by atoms with Gasteiger partial charge in [-0.05, 0) is 24.3 Å². The Morgan fingerprint density at radius 1 is 1.30 bits per heavy atom. The van der Waals surface area contributed by atoms with E-state index < -0.39 is 17.7 Å². The third-order valence-electron chi connectivity index (χ3n) is 2.59. The normalized spacial score (nSPS) is 10.2. The van der Waals surface area contributed by atoms with Crippen LogP contribution in [0.3, 0.4) is 0 Å². The van der Waals surface area contributed by atoms with Crippen LogP contribution in [-0.2, 0) is 6.54 Å². The van der Waals surface area contributed by atoms with E-state index >= 15 is 0 Å². The molecule has 0 atom stereocenters. The van der Waals surface area contributed by atoms with E-state index in [9.17, 15) is 14.0 Å². The highest BCUT2D eigenvalue weighted by Gasteiger charge is 2.14. The molecule has 0 fully saturated rings. The van der Waals surface area contributed by atoms with Gasteiger partial charge in [-0.25, -0.2) is 9.18 Å². The number of carboxylic acid groups (broad SMARTS) is 1. The molecule has 0 saturated heterocycles. The minimum atomic E-state index is -1.18. The summed E-state index contributed by atoms with van der Waals surface area (Å²) in [6.07, 6.45) is 0. The van der Waals surface area contributed by atoms with Crippen LogP contribution < -0.4 is 11.1 Å². The first-order valence-electron chi connectivity index (χ1n) is 5.63. The van der Waals surface area contributed by atoms with Gasteiger partial charge in [-0.3, -0.25) is 4.79 Å². The number of carbonyl (C=O) groups excluding carboxylic acids is 1. The van der Waals surface area contributed by atoms with Crippen molar-refractivity contribution in [3.8, 4) is 0 Å². The van der Waals surface area contributed by atoms with Crippen molar-refractivity contribution >= 4 is 17.6 Å². The molecule has 0 bridgehead atoms. The predicted octanol–water partition coefficient (Wildman–Crippen LogP) is 1.83. The van der Waals surface area contributed by atoms with Crippen LogP contribution in [0.5, 0.6) is 0 Å². The van der Waals surface area contributed by atoms with Crippen molar-refractivity contribution in [1.29, 1.82) is 0 Å².